The van der Waals surface area contributed by atoms with Gasteiger partial charge in [-0.15, -0.1) is 0 Å². The number of nitrogens with zero attached hydrogens (tertiary/aromatic N) is 4. The van der Waals surface area contributed by atoms with Crippen LogP contribution in [0.4, 0.5) is 0 Å². The maximum atomic E-state index is 10.2. The molecule has 6 aromatic carbocycles. The summed E-state index contributed by atoms with van der Waals surface area (Å²) in [5.74, 6) is 4.53. The van der Waals surface area contributed by atoms with Gasteiger partial charge in [0.05, 0.1) is 11.6 Å². The Morgan fingerprint density at radius 2 is 0.962 bits per heavy atom. The minimum absolute atomic E-state index is 0.351. The van der Waals surface area contributed by atoms with E-state index in [0.717, 1.165) is 67.5 Å². The van der Waals surface area contributed by atoms with Crippen molar-refractivity contribution >= 4 is 10.8 Å². The molecule has 0 radical (unpaired) electrons. The second-order valence-corrected chi connectivity index (χ2v) is 15.4. The highest BCUT2D eigenvalue weighted by Crippen LogP contribution is 2.60. The van der Waals surface area contributed by atoms with Gasteiger partial charge in [0.1, 0.15) is 0 Å². The Morgan fingerprint density at radius 3 is 1.58 bits per heavy atom. The van der Waals surface area contributed by atoms with Crippen molar-refractivity contribution in [1.82, 2.24) is 15.0 Å². The van der Waals surface area contributed by atoms with Crippen LogP contribution < -0.4 is 0 Å². The van der Waals surface area contributed by atoms with E-state index in [0.29, 0.717) is 28.5 Å². The monoisotopic (exact) mass is 670 g/mol. The van der Waals surface area contributed by atoms with Gasteiger partial charge in [-0.25, -0.2) is 15.0 Å². The molecule has 1 heterocycles. The highest BCUT2D eigenvalue weighted by atomic mass is 15.0. The molecular weight excluding hydrogens is 633 g/mol. The summed E-state index contributed by atoms with van der Waals surface area (Å²) in [6.07, 6.45) is 8.39. The Morgan fingerprint density at radius 1 is 0.462 bits per heavy atom. The standard InChI is InChI=1S/C48H38N4/c49-30-39-12-7-13-42-43(39)25-40(36-18-20-41(21-19-36)48-27-31-22-32(28-48)24-33(23-31)29-48)26-44(42)47-51-45(37-10-5-2-6-11-37)50-46(52-47)38-16-14-35(15-17-38)34-8-3-1-4-9-34/h1-21,25-26,31-33H,22-24,27-29H2/t31-,32-,33-,48?. The molecule has 0 atom stereocenters. The van der Waals surface area contributed by atoms with E-state index in [9.17, 15) is 5.26 Å². The van der Waals surface area contributed by atoms with E-state index in [1.165, 1.54) is 44.1 Å². The molecule has 0 amide bonds. The lowest BCUT2D eigenvalue weighted by molar-refractivity contribution is -0.00518. The van der Waals surface area contributed by atoms with Crippen LogP contribution in [-0.4, -0.2) is 15.0 Å². The Kier molecular flexibility index (Phi) is 7.35. The molecule has 4 bridgehead atoms. The molecule has 0 aliphatic heterocycles. The second-order valence-electron chi connectivity index (χ2n) is 15.4. The predicted octanol–water partition coefficient (Wildman–Crippen LogP) is 11.7. The number of hydrogen-bond donors (Lipinski definition) is 0. The number of nitriles is 1. The molecule has 4 nitrogen and oxygen atoms in total. The Bertz CT molecular complexity index is 2440. The summed E-state index contributed by atoms with van der Waals surface area (Å²) < 4.78 is 0. The maximum absolute atomic E-state index is 10.2. The van der Waals surface area contributed by atoms with Crippen molar-refractivity contribution in [3.63, 3.8) is 0 Å². The van der Waals surface area contributed by atoms with Crippen molar-refractivity contribution in [2.75, 3.05) is 0 Å². The highest BCUT2D eigenvalue weighted by molar-refractivity contribution is 6.01. The average Bonchev–Trinajstić information content (AvgIpc) is 3.20. The third-order valence-electron chi connectivity index (χ3n) is 12.1. The quantitative estimate of drug-likeness (QED) is 0.177. The van der Waals surface area contributed by atoms with Gasteiger partial charge in [0, 0.05) is 22.1 Å². The first kappa shape index (κ1) is 30.9. The van der Waals surface area contributed by atoms with Crippen molar-refractivity contribution in [3.05, 3.63) is 151 Å². The van der Waals surface area contributed by atoms with E-state index >= 15 is 0 Å². The van der Waals surface area contributed by atoms with Gasteiger partial charge in [0.2, 0.25) is 0 Å². The molecule has 11 rings (SSSR count). The molecule has 4 aliphatic carbocycles. The first-order valence-corrected chi connectivity index (χ1v) is 18.7. The lowest BCUT2D eigenvalue weighted by Gasteiger charge is -2.57. The fourth-order valence-corrected chi connectivity index (χ4v) is 10.1. The molecule has 4 aliphatic rings. The summed E-state index contributed by atoms with van der Waals surface area (Å²) >= 11 is 0. The maximum Gasteiger partial charge on any atom is 0.164 e. The largest absolute Gasteiger partial charge is 0.208 e. The van der Waals surface area contributed by atoms with Crippen molar-refractivity contribution < 1.29 is 0 Å². The van der Waals surface area contributed by atoms with Crippen LogP contribution >= 0.6 is 0 Å². The van der Waals surface area contributed by atoms with Crippen LogP contribution in [-0.2, 0) is 5.41 Å². The fraction of sp³-hybridized carbons (Fsp3) is 0.208. The Hall–Kier alpha value is -5.92. The van der Waals surface area contributed by atoms with Gasteiger partial charge in [-0.05, 0) is 113 Å². The molecule has 0 unspecified atom stereocenters. The Labute approximate surface area is 304 Å². The fourth-order valence-electron chi connectivity index (χ4n) is 10.1. The van der Waals surface area contributed by atoms with E-state index < -0.39 is 0 Å². The second kappa shape index (κ2) is 12.4. The zero-order valence-electron chi connectivity index (χ0n) is 29.0. The van der Waals surface area contributed by atoms with Crippen LogP contribution in [0, 0.1) is 29.1 Å². The van der Waals surface area contributed by atoms with E-state index in [2.05, 4.69) is 97.1 Å². The van der Waals surface area contributed by atoms with Gasteiger partial charge in [0.25, 0.3) is 0 Å². The molecule has 250 valence electrons. The number of rotatable bonds is 6. The zero-order chi connectivity index (χ0) is 34.6. The first-order chi connectivity index (χ1) is 25.6. The highest BCUT2D eigenvalue weighted by Gasteiger charge is 2.51. The lowest BCUT2D eigenvalue weighted by atomic mass is 9.48. The van der Waals surface area contributed by atoms with E-state index in [4.69, 9.17) is 15.0 Å². The van der Waals surface area contributed by atoms with Crippen LogP contribution in [0.5, 0.6) is 0 Å². The third kappa shape index (κ3) is 5.40. The molecule has 52 heavy (non-hydrogen) atoms. The first-order valence-electron chi connectivity index (χ1n) is 18.7. The molecule has 0 N–H and O–H groups in total. The molecule has 0 saturated heterocycles. The van der Waals surface area contributed by atoms with E-state index in [-0.39, 0.29) is 0 Å². The molecular formula is C48H38N4. The van der Waals surface area contributed by atoms with Crippen LogP contribution in [0.25, 0.3) is 67.2 Å². The van der Waals surface area contributed by atoms with Crippen LogP contribution in [0.2, 0.25) is 0 Å². The molecule has 1 aromatic heterocycles. The topological polar surface area (TPSA) is 62.5 Å². The van der Waals surface area contributed by atoms with Gasteiger partial charge < -0.3 is 0 Å². The number of hydrogen-bond acceptors (Lipinski definition) is 4. The summed E-state index contributed by atoms with van der Waals surface area (Å²) in [5, 5.41) is 12.1. The Balaban J connectivity index is 1.10. The average molecular weight is 671 g/mol. The van der Waals surface area contributed by atoms with Gasteiger partial charge >= 0.3 is 0 Å². The van der Waals surface area contributed by atoms with E-state index in [1.54, 1.807) is 0 Å². The van der Waals surface area contributed by atoms with Crippen LogP contribution in [0.1, 0.15) is 49.7 Å². The van der Waals surface area contributed by atoms with Crippen molar-refractivity contribution in [2.24, 2.45) is 17.8 Å². The minimum Gasteiger partial charge on any atom is -0.208 e. The van der Waals surface area contributed by atoms with Gasteiger partial charge in [-0.2, -0.15) is 5.26 Å². The van der Waals surface area contributed by atoms with Gasteiger partial charge in [-0.3, -0.25) is 0 Å². The van der Waals surface area contributed by atoms with Crippen LogP contribution in [0.15, 0.2) is 140 Å². The summed E-state index contributed by atoms with van der Waals surface area (Å²) in [6, 6.07) is 51.0. The minimum atomic E-state index is 0.351. The summed E-state index contributed by atoms with van der Waals surface area (Å²) in [4.78, 5) is 15.3. The smallest absolute Gasteiger partial charge is 0.164 e. The number of aromatic nitrogens is 3. The SMILES string of the molecule is N#Cc1cccc2c(-c3nc(-c4ccccc4)nc(-c4ccc(-c5ccccc5)cc4)n3)cc(-c3ccc(C45C[C@H]6C[C@H](C4)C[C@@H](C5)C6)cc3)cc12. The molecule has 4 fully saturated rings. The zero-order valence-corrected chi connectivity index (χ0v) is 29.0. The van der Waals surface area contributed by atoms with Crippen molar-refractivity contribution in [1.29, 1.82) is 5.26 Å². The lowest BCUT2D eigenvalue weighted by Crippen LogP contribution is -2.48. The molecule has 4 saturated carbocycles. The number of fused-ring (bicyclic) bond motifs is 1. The van der Waals surface area contributed by atoms with Crippen molar-refractivity contribution in [3.8, 4) is 62.5 Å². The normalized spacial score (nSPS) is 21.6. The number of benzene rings is 6. The van der Waals surface area contributed by atoms with Gasteiger partial charge in [0.15, 0.2) is 17.5 Å². The summed E-state index contributed by atoms with van der Waals surface area (Å²) in [7, 11) is 0. The third-order valence-corrected chi connectivity index (χ3v) is 12.1. The van der Waals surface area contributed by atoms with E-state index in [1.807, 2.05) is 48.5 Å². The van der Waals surface area contributed by atoms with Crippen LogP contribution in [0.3, 0.4) is 0 Å². The van der Waals surface area contributed by atoms with Gasteiger partial charge in [-0.1, -0.05) is 121 Å². The summed E-state index contributed by atoms with van der Waals surface area (Å²) in [6.45, 7) is 0. The van der Waals surface area contributed by atoms with Crippen molar-refractivity contribution in [2.45, 2.75) is 43.9 Å². The molecule has 4 heteroatoms. The molecule has 0 spiro atoms. The molecule has 7 aromatic rings. The summed E-state index contributed by atoms with van der Waals surface area (Å²) in [5.41, 5.74) is 9.72. The predicted molar refractivity (Wildman–Crippen MR) is 209 cm³/mol.